The number of morpholine rings is 1. The predicted octanol–water partition coefficient (Wildman–Crippen LogP) is 2.35. The van der Waals surface area contributed by atoms with E-state index in [0.717, 1.165) is 24.2 Å². The van der Waals surface area contributed by atoms with Gasteiger partial charge in [-0.05, 0) is 37.5 Å². The first-order chi connectivity index (χ1) is 15.0. The molecule has 0 radical (unpaired) electrons. The molecule has 0 spiro atoms. The zero-order valence-electron chi connectivity index (χ0n) is 17.7. The maximum Gasteiger partial charge on any atom is 0.257 e. The molecule has 2 amide bonds. The number of hydrogen-bond acceptors (Lipinski definition) is 5. The molecule has 0 bridgehead atoms. The smallest absolute Gasteiger partial charge is 0.257 e. The topological polar surface area (TPSA) is 75.6 Å². The largest absolute Gasteiger partial charge is 0.378 e. The number of benzene rings is 1. The highest BCUT2D eigenvalue weighted by Gasteiger charge is 2.27. The van der Waals surface area contributed by atoms with Crippen molar-refractivity contribution in [3.8, 4) is 0 Å². The molecular formula is C23H27FN4O3. The van der Waals surface area contributed by atoms with Crippen molar-refractivity contribution in [1.29, 1.82) is 0 Å². The quantitative estimate of drug-likeness (QED) is 0.750. The summed E-state index contributed by atoms with van der Waals surface area (Å²) in [6, 6.07) is 6.05. The van der Waals surface area contributed by atoms with Gasteiger partial charge in [0.05, 0.1) is 30.9 Å². The van der Waals surface area contributed by atoms with Crippen molar-refractivity contribution < 1.29 is 18.7 Å². The molecule has 1 aromatic heterocycles. The second-order valence-electron chi connectivity index (χ2n) is 8.09. The molecule has 0 atom stereocenters. The van der Waals surface area contributed by atoms with Gasteiger partial charge in [-0.2, -0.15) is 0 Å². The number of amides is 2. The number of ether oxygens (including phenoxy) is 1. The first-order valence-corrected chi connectivity index (χ1v) is 10.7. The van der Waals surface area contributed by atoms with Gasteiger partial charge in [0, 0.05) is 38.3 Å². The summed E-state index contributed by atoms with van der Waals surface area (Å²) < 4.78 is 18.4. The lowest BCUT2D eigenvalue weighted by atomic mass is 9.95. The first-order valence-electron chi connectivity index (χ1n) is 10.7. The number of halogens is 1. The summed E-state index contributed by atoms with van der Waals surface area (Å²) in [5, 5.41) is 0. The standard InChI is InChI=1S/C23H27FN4O3/c1-16-20(23(30)28-10-12-31-13-11-28)15-25-22(26-16)18-6-8-27(9-7-18)21(29)14-17-2-4-19(24)5-3-17/h2-5,15,18H,6-14H2,1H3. The van der Waals surface area contributed by atoms with Crippen LogP contribution in [0, 0.1) is 12.7 Å². The maximum absolute atomic E-state index is 13.0. The van der Waals surface area contributed by atoms with Crippen molar-refractivity contribution >= 4 is 11.8 Å². The van der Waals surface area contributed by atoms with Crippen molar-refractivity contribution in [2.75, 3.05) is 39.4 Å². The van der Waals surface area contributed by atoms with Gasteiger partial charge < -0.3 is 14.5 Å². The molecule has 1 aromatic carbocycles. The highest BCUT2D eigenvalue weighted by Crippen LogP contribution is 2.26. The van der Waals surface area contributed by atoms with Crippen LogP contribution in [0.4, 0.5) is 4.39 Å². The predicted molar refractivity (Wildman–Crippen MR) is 112 cm³/mol. The minimum atomic E-state index is -0.301. The molecule has 2 aliphatic rings. The van der Waals surface area contributed by atoms with Crippen molar-refractivity contribution in [1.82, 2.24) is 19.8 Å². The number of rotatable bonds is 4. The summed E-state index contributed by atoms with van der Waals surface area (Å²) in [4.78, 5) is 38.0. The van der Waals surface area contributed by atoms with Gasteiger partial charge in [-0.25, -0.2) is 14.4 Å². The van der Waals surface area contributed by atoms with Crippen LogP contribution in [0.25, 0.3) is 0 Å². The van der Waals surface area contributed by atoms with E-state index in [2.05, 4.69) is 9.97 Å². The monoisotopic (exact) mass is 426 g/mol. The molecule has 0 N–H and O–H groups in total. The van der Waals surface area contributed by atoms with E-state index in [1.165, 1.54) is 12.1 Å². The third-order valence-electron chi connectivity index (χ3n) is 6.01. The van der Waals surface area contributed by atoms with E-state index in [0.29, 0.717) is 50.7 Å². The van der Waals surface area contributed by atoms with Crippen molar-refractivity contribution in [2.24, 2.45) is 0 Å². The molecule has 8 heteroatoms. The van der Waals surface area contributed by atoms with Gasteiger partial charge in [-0.3, -0.25) is 9.59 Å². The number of aromatic nitrogens is 2. The minimum absolute atomic E-state index is 0.0476. The van der Waals surface area contributed by atoms with E-state index < -0.39 is 0 Å². The molecule has 7 nitrogen and oxygen atoms in total. The fourth-order valence-electron chi connectivity index (χ4n) is 4.10. The summed E-state index contributed by atoms with van der Waals surface area (Å²) in [7, 11) is 0. The van der Waals surface area contributed by atoms with Gasteiger partial charge in [0.2, 0.25) is 5.91 Å². The molecule has 2 aliphatic heterocycles. The van der Waals surface area contributed by atoms with Crippen LogP contribution in [0.15, 0.2) is 30.5 Å². The maximum atomic E-state index is 13.0. The van der Waals surface area contributed by atoms with Crippen LogP contribution in [0.5, 0.6) is 0 Å². The van der Waals surface area contributed by atoms with Gasteiger partial charge >= 0.3 is 0 Å². The lowest BCUT2D eigenvalue weighted by Crippen LogP contribution is -2.41. The van der Waals surface area contributed by atoms with Gasteiger partial charge in [-0.1, -0.05) is 12.1 Å². The Bertz CT molecular complexity index is 936. The normalized spacial score (nSPS) is 17.6. The average molecular weight is 426 g/mol. The Morgan fingerprint density at radius 3 is 2.39 bits per heavy atom. The second kappa shape index (κ2) is 9.51. The molecule has 164 valence electrons. The molecule has 0 saturated carbocycles. The Kier molecular flexibility index (Phi) is 6.56. The highest BCUT2D eigenvalue weighted by molar-refractivity contribution is 5.95. The lowest BCUT2D eigenvalue weighted by molar-refractivity contribution is -0.131. The van der Waals surface area contributed by atoms with E-state index >= 15 is 0 Å². The Morgan fingerprint density at radius 2 is 1.74 bits per heavy atom. The number of carbonyl (C=O) groups excluding carboxylic acids is 2. The number of likely N-dealkylation sites (tertiary alicyclic amines) is 1. The van der Waals surface area contributed by atoms with E-state index in [9.17, 15) is 14.0 Å². The fraction of sp³-hybridized carbons (Fsp3) is 0.478. The van der Waals surface area contributed by atoms with Crippen molar-refractivity contribution in [3.05, 3.63) is 58.9 Å². The third-order valence-corrected chi connectivity index (χ3v) is 6.01. The van der Waals surface area contributed by atoms with Crippen LogP contribution in [0.3, 0.4) is 0 Å². The Labute approximate surface area is 181 Å². The Hall–Kier alpha value is -2.87. The van der Waals surface area contributed by atoms with Crippen molar-refractivity contribution in [2.45, 2.75) is 32.1 Å². The number of piperidine rings is 1. The zero-order valence-corrected chi connectivity index (χ0v) is 17.7. The molecule has 2 saturated heterocycles. The van der Waals surface area contributed by atoms with Crippen LogP contribution < -0.4 is 0 Å². The minimum Gasteiger partial charge on any atom is -0.378 e. The fourth-order valence-corrected chi connectivity index (χ4v) is 4.10. The Balaban J connectivity index is 1.34. The van der Waals surface area contributed by atoms with E-state index in [4.69, 9.17) is 4.74 Å². The van der Waals surface area contributed by atoms with Gasteiger partial charge in [0.15, 0.2) is 0 Å². The first kappa shape index (κ1) is 21.4. The van der Waals surface area contributed by atoms with E-state index in [1.807, 2.05) is 11.8 Å². The Morgan fingerprint density at radius 1 is 1.06 bits per heavy atom. The number of carbonyl (C=O) groups is 2. The molecule has 31 heavy (non-hydrogen) atoms. The number of hydrogen-bond donors (Lipinski definition) is 0. The molecule has 2 fully saturated rings. The average Bonchev–Trinajstić information content (AvgIpc) is 2.81. The van der Waals surface area contributed by atoms with Crippen LogP contribution in [-0.2, 0) is 16.0 Å². The van der Waals surface area contributed by atoms with Gasteiger partial charge in [0.25, 0.3) is 5.91 Å². The number of nitrogens with zero attached hydrogens (tertiary/aromatic N) is 4. The van der Waals surface area contributed by atoms with Crippen LogP contribution in [0.1, 0.15) is 46.2 Å². The molecule has 4 rings (SSSR count). The van der Waals surface area contributed by atoms with Crippen molar-refractivity contribution in [3.63, 3.8) is 0 Å². The highest BCUT2D eigenvalue weighted by atomic mass is 19.1. The second-order valence-corrected chi connectivity index (χ2v) is 8.09. The summed E-state index contributed by atoms with van der Waals surface area (Å²) in [6.45, 7) is 5.42. The molecule has 0 aliphatic carbocycles. The number of aryl methyl sites for hydroxylation is 1. The summed E-state index contributed by atoms with van der Waals surface area (Å²) in [6.07, 6.45) is 3.48. The van der Waals surface area contributed by atoms with Crippen LogP contribution in [0.2, 0.25) is 0 Å². The van der Waals surface area contributed by atoms with Crippen LogP contribution >= 0.6 is 0 Å². The van der Waals surface area contributed by atoms with Crippen LogP contribution in [-0.4, -0.2) is 71.0 Å². The third kappa shape index (κ3) is 5.07. The summed E-state index contributed by atoms with van der Waals surface area (Å²) >= 11 is 0. The van der Waals surface area contributed by atoms with Gasteiger partial charge in [-0.15, -0.1) is 0 Å². The summed E-state index contributed by atoms with van der Waals surface area (Å²) in [5.74, 6) is 0.606. The van der Waals surface area contributed by atoms with E-state index in [-0.39, 0.29) is 30.0 Å². The molecule has 2 aromatic rings. The van der Waals surface area contributed by atoms with Gasteiger partial charge in [0.1, 0.15) is 11.6 Å². The molecular weight excluding hydrogens is 399 g/mol. The van der Waals surface area contributed by atoms with E-state index in [1.54, 1.807) is 23.2 Å². The lowest BCUT2D eigenvalue weighted by Gasteiger charge is -2.31. The summed E-state index contributed by atoms with van der Waals surface area (Å²) in [5.41, 5.74) is 2.04. The molecule has 0 unspecified atom stereocenters. The molecule has 3 heterocycles. The SMILES string of the molecule is Cc1nc(C2CCN(C(=O)Cc3ccc(F)cc3)CC2)ncc1C(=O)N1CCOCC1. The zero-order chi connectivity index (χ0) is 21.8.